The highest BCUT2D eigenvalue weighted by atomic mass is 16.3. The molecule has 26 heavy (non-hydrogen) atoms. The maximum atomic E-state index is 9.28. The minimum atomic E-state index is -0.0486. The van der Waals surface area contributed by atoms with Crippen LogP contribution in [0.15, 0.2) is 45.6 Å². The minimum Gasteiger partial charge on any atom is -0.464 e. The van der Waals surface area contributed by atoms with E-state index < -0.39 is 0 Å². The van der Waals surface area contributed by atoms with Gasteiger partial charge in [-0.3, -0.25) is 0 Å². The molecular weight excluding hydrogens is 328 g/mol. The highest BCUT2D eigenvalue weighted by molar-refractivity contribution is 6.15. The lowest BCUT2D eigenvalue weighted by molar-refractivity contribution is 0.616. The maximum absolute atomic E-state index is 9.28. The summed E-state index contributed by atoms with van der Waals surface area (Å²) in [6.07, 6.45) is 2.95. The summed E-state index contributed by atoms with van der Waals surface area (Å²) in [5, 5.41) is 22.0. The molecule has 4 aromatic rings. The number of rotatable bonds is 0. The van der Waals surface area contributed by atoms with Gasteiger partial charge in [0.2, 0.25) is 0 Å². The average Bonchev–Trinajstić information content (AvgIpc) is 3.33. The zero-order valence-corrected chi connectivity index (χ0v) is 13.1. The van der Waals surface area contributed by atoms with E-state index >= 15 is 0 Å². The maximum Gasteiger partial charge on any atom is 0.269 e. The molecule has 4 rings (SSSR count). The summed E-state index contributed by atoms with van der Waals surface area (Å²) in [7, 11) is 0. The van der Waals surface area contributed by atoms with E-state index in [1.165, 1.54) is 12.5 Å². The van der Waals surface area contributed by atoms with Crippen molar-refractivity contribution in [1.29, 1.82) is 10.5 Å². The second kappa shape index (κ2) is 5.53. The van der Waals surface area contributed by atoms with Crippen molar-refractivity contribution in [2.45, 2.75) is 0 Å². The highest BCUT2D eigenvalue weighted by Gasteiger charge is 2.15. The van der Waals surface area contributed by atoms with Crippen molar-refractivity contribution in [2.24, 2.45) is 0 Å². The Balaban J connectivity index is 2.44. The summed E-state index contributed by atoms with van der Waals surface area (Å²) in [4.78, 5) is 6.60. The fraction of sp³-hybridized carbons (Fsp3) is 0. The Labute approximate surface area is 146 Å². The Morgan fingerprint density at radius 2 is 1.19 bits per heavy atom. The summed E-state index contributed by atoms with van der Waals surface area (Å²) in [6, 6.07) is 10.6. The summed E-state index contributed by atoms with van der Waals surface area (Å²) < 4.78 is 11.2. The molecule has 0 bridgehead atoms. The number of nitrogens with zero attached hydrogens (tertiary/aromatic N) is 4. The summed E-state index contributed by atoms with van der Waals surface area (Å²) >= 11 is 0. The largest absolute Gasteiger partial charge is 0.464 e. The molecule has 6 nitrogen and oxygen atoms in total. The molecule has 0 fully saturated rings. The van der Waals surface area contributed by atoms with Crippen molar-refractivity contribution in [2.75, 3.05) is 0 Å². The van der Waals surface area contributed by atoms with E-state index in [1.807, 2.05) is 12.1 Å². The van der Waals surface area contributed by atoms with Crippen LogP contribution < -0.4 is 10.4 Å². The minimum absolute atomic E-state index is 0.0486. The van der Waals surface area contributed by atoms with E-state index in [4.69, 9.17) is 22.0 Å². The molecule has 2 aromatic carbocycles. The lowest BCUT2D eigenvalue weighted by Gasteiger charge is -2.03. The molecule has 2 heterocycles. The van der Waals surface area contributed by atoms with Gasteiger partial charge in [-0.1, -0.05) is 12.1 Å². The van der Waals surface area contributed by atoms with Crippen molar-refractivity contribution < 1.29 is 8.83 Å². The second-order valence-corrected chi connectivity index (χ2v) is 5.41. The first-order valence-electron chi connectivity index (χ1n) is 7.37. The van der Waals surface area contributed by atoms with Crippen LogP contribution in [0.4, 0.5) is 0 Å². The van der Waals surface area contributed by atoms with Crippen LogP contribution >= 0.6 is 0 Å². The number of hydrogen-bond acceptors (Lipinski definition) is 4. The molecule has 0 unspecified atom stereocenters. The van der Waals surface area contributed by atoms with E-state index in [1.54, 1.807) is 24.3 Å². The molecule has 0 saturated carbocycles. The standard InChI is InChI=1S/C20H6N4O2/c1-23-17(9-21)13-7-15-16(19-11(13)3-5-25-19)8-14(18(10-22)24-2)12-4-6-26-20(12)15/h3-8H/b17-13-,18-14+. The highest BCUT2D eigenvalue weighted by Crippen LogP contribution is 2.29. The van der Waals surface area contributed by atoms with Gasteiger partial charge >= 0.3 is 0 Å². The van der Waals surface area contributed by atoms with Crippen LogP contribution in [0.3, 0.4) is 0 Å². The normalized spacial score (nSPS) is 12.9. The molecule has 118 valence electrons. The molecule has 6 heteroatoms. The second-order valence-electron chi connectivity index (χ2n) is 5.41. The van der Waals surface area contributed by atoms with E-state index in [9.17, 15) is 10.5 Å². The van der Waals surface area contributed by atoms with Gasteiger partial charge in [0.1, 0.15) is 11.2 Å². The van der Waals surface area contributed by atoms with Gasteiger partial charge in [0.05, 0.1) is 37.8 Å². The van der Waals surface area contributed by atoms with Crippen LogP contribution in [0, 0.1) is 35.8 Å². The quantitative estimate of drug-likeness (QED) is 0.461. The number of nitriles is 2. The Hall–Kier alpha value is -4.52. The van der Waals surface area contributed by atoms with Crippen LogP contribution in [-0.4, -0.2) is 0 Å². The first-order valence-corrected chi connectivity index (χ1v) is 7.37. The smallest absolute Gasteiger partial charge is 0.269 e. The van der Waals surface area contributed by atoms with Gasteiger partial charge in [-0.25, -0.2) is 20.2 Å². The fourth-order valence-corrected chi connectivity index (χ4v) is 3.12. The Bertz CT molecular complexity index is 1370. The first kappa shape index (κ1) is 15.0. The lowest BCUT2D eigenvalue weighted by atomic mass is 10.0. The van der Waals surface area contributed by atoms with Crippen molar-refractivity contribution in [1.82, 2.24) is 0 Å². The molecule has 0 aliphatic rings. The van der Waals surface area contributed by atoms with Crippen LogP contribution in [0.5, 0.6) is 0 Å². The van der Waals surface area contributed by atoms with Gasteiger partial charge in [-0.15, -0.1) is 0 Å². The van der Waals surface area contributed by atoms with Crippen molar-refractivity contribution in [3.8, 4) is 12.1 Å². The van der Waals surface area contributed by atoms with Crippen LogP contribution in [0.2, 0.25) is 0 Å². The monoisotopic (exact) mass is 334 g/mol. The molecule has 0 amide bonds. The molecule has 0 aliphatic carbocycles. The average molecular weight is 334 g/mol. The zero-order valence-electron chi connectivity index (χ0n) is 13.1. The van der Waals surface area contributed by atoms with Gasteiger partial charge in [0.25, 0.3) is 11.4 Å². The molecule has 2 aromatic heterocycles. The third-order valence-corrected chi connectivity index (χ3v) is 4.21. The third-order valence-electron chi connectivity index (χ3n) is 4.21. The number of benzene rings is 2. The molecule has 0 radical (unpaired) electrons. The SMILES string of the molecule is [C-]#[N+]/C(C#N)=c1/cc2c(c/c(=C(/C#N)[N+]#[C-])c3ccoc32)c2occc12. The zero-order chi connectivity index (χ0) is 18.3. The van der Waals surface area contributed by atoms with Crippen LogP contribution in [-0.2, 0) is 0 Å². The Morgan fingerprint density at radius 1 is 0.769 bits per heavy atom. The molecular formula is C20H6N4O2. The van der Waals surface area contributed by atoms with Crippen molar-refractivity contribution in [3.05, 3.63) is 70.1 Å². The third kappa shape index (κ3) is 1.88. The molecule has 0 atom stereocenters. The van der Waals surface area contributed by atoms with Gasteiger partial charge in [0, 0.05) is 32.0 Å². The van der Waals surface area contributed by atoms with Crippen LogP contribution in [0.25, 0.3) is 53.8 Å². The molecule has 0 aliphatic heterocycles. The predicted octanol–water partition coefficient (Wildman–Crippen LogP) is 3.43. The Kier molecular flexibility index (Phi) is 3.20. The van der Waals surface area contributed by atoms with Gasteiger partial charge in [-0.2, -0.15) is 0 Å². The molecule has 0 N–H and O–H groups in total. The van der Waals surface area contributed by atoms with E-state index in [2.05, 4.69) is 9.69 Å². The number of furan rings is 2. The van der Waals surface area contributed by atoms with Gasteiger partial charge < -0.3 is 8.83 Å². The van der Waals surface area contributed by atoms with Gasteiger partial charge in [0.15, 0.2) is 0 Å². The summed E-state index contributed by atoms with van der Waals surface area (Å²) in [5.41, 5.74) is 0.839. The summed E-state index contributed by atoms with van der Waals surface area (Å²) in [6.45, 7) is 14.5. The topological polar surface area (TPSA) is 82.6 Å². The fourth-order valence-electron chi connectivity index (χ4n) is 3.12. The number of fused-ring (bicyclic) bond motifs is 5. The molecule has 0 spiro atoms. The Morgan fingerprint density at radius 3 is 1.54 bits per heavy atom. The van der Waals surface area contributed by atoms with E-state index in [0.29, 0.717) is 43.1 Å². The van der Waals surface area contributed by atoms with Crippen molar-refractivity contribution in [3.63, 3.8) is 0 Å². The van der Waals surface area contributed by atoms with E-state index in [0.717, 1.165) is 0 Å². The predicted molar refractivity (Wildman–Crippen MR) is 94.0 cm³/mol. The first-order chi connectivity index (χ1) is 12.7. The summed E-state index contributed by atoms with van der Waals surface area (Å²) in [5.74, 6) is 0. The van der Waals surface area contributed by atoms with Crippen LogP contribution in [0.1, 0.15) is 0 Å². The van der Waals surface area contributed by atoms with Crippen molar-refractivity contribution >= 4 is 44.1 Å². The lowest BCUT2D eigenvalue weighted by Crippen LogP contribution is -2.08. The molecule has 0 saturated heterocycles. The van der Waals surface area contributed by atoms with Gasteiger partial charge in [-0.05, 0) is 12.1 Å². The number of hydrogen-bond donors (Lipinski definition) is 0. The van der Waals surface area contributed by atoms with E-state index in [-0.39, 0.29) is 11.4 Å².